The van der Waals surface area contributed by atoms with Gasteiger partial charge < -0.3 is 35.1 Å². The minimum absolute atomic E-state index is 0.00511. The Balaban J connectivity index is 0.767. The van der Waals surface area contributed by atoms with Crippen molar-refractivity contribution in [3.05, 3.63) is 106 Å². The number of aliphatic hydroxyl groups is 1. The van der Waals surface area contributed by atoms with Crippen LogP contribution in [-0.2, 0) is 32.1 Å². The molecule has 2 aromatic heterocycles. The number of hydrogen-bond donors (Lipinski definition) is 4. The fraction of sp³-hybridized carbons (Fsp3) is 0.519. The van der Waals surface area contributed by atoms with E-state index in [1.807, 2.05) is 93.6 Å². The third-order valence-corrected chi connectivity index (χ3v) is 15.0. The van der Waals surface area contributed by atoms with Gasteiger partial charge in [-0.15, -0.1) is 11.3 Å². The number of aliphatic hydroxyl groups excluding tert-OH is 1. The van der Waals surface area contributed by atoms with Gasteiger partial charge in [-0.2, -0.15) is 0 Å². The molecule has 5 heterocycles. The Kier molecular flexibility index (Phi) is 16.5. The predicted octanol–water partition coefficient (Wildman–Crippen LogP) is 6.78. The van der Waals surface area contributed by atoms with E-state index in [9.17, 15) is 19.5 Å². The third-order valence-electron chi connectivity index (χ3n) is 14.0. The van der Waals surface area contributed by atoms with E-state index in [2.05, 4.69) is 30.4 Å². The highest BCUT2D eigenvalue weighted by molar-refractivity contribution is 7.13. The number of aromatic nitrogens is 2. The fourth-order valence-electron chi connectivity index (χ4n) is 10.3. The summed E-state index contributed by atoms with van der Waals surface area (Å²) >= 11 is 1.57. The molecule has 18 heteroatoms. The highest BCUT2D eigenvalue weighted by atomic mass is 32.1. The number of hydrogen-bond acceptors (Lipinski definition) is 11. The number of ether oxygens (including phenoxy) is 2. The third kappa shape index (κ3) is 12.5. The van der Waals surface area contributed by atoms with E-state index in [0.29, 0.717) is 25.2 Å². The molecule has 0 spiro atoms. The van der Waals surface area contributed by atoms with E-state index in [4.69, 9.17) is 9.47 Å². The van der Waals surface area contributed by atoms with Crippen molar-refractivity contribution >= 4 is 40.0 Å². The van der Waals surface area contributed by atoms with E-state index >= 15 is 13.2 Å². The molecule has 2 saturated heterocycles. The minimum Gasteiger partial charge on any atom is -0.492 e. The second kappa shape index (κ2) is 22.4. The van der Waals surface area contributed by atoms with Gasteiger partial charge in [0, 0.05) is 106 Å². The maximum absolute atomic E-state index is 16.2. The molecule has 3 aromatic carbocycles. The number of likely N-dealkylation sites (tertiary alicyclic amines) is 1. The molecule has 14 nitrogen and oxygen atoms in total. The van der Waals surface area contributed by atoms with Crippen molar-refractivity contribution in [1.82, 2.24) is 40.2 Å². The molecule has 4 N–H and O–H groups in total. The van der Waals surface area contributed by atoms with E-state index < -0.39 is 58.8 Å². The van der Waals surface area contributed by atoms with Gasteiger partial charge in [0.1, 0.15) is 48.4 Å². The van der Waals surface area contributed by atoms with Crippen molar-refractivity contribution in [3.8, 4) is 16.2 Å². The Morgan fingerprint density at radius 3 is 2.26 bits per heavy atom. The van der Waals surface area contributed by atoms with Crippen molar-refractivity contribution in [2.24, 2.45) is 5.41 Å². The molecule has 72 heavy (non-hydrogen) atoms. The number of aromatic amines is 1. The van der Waals surface area contributed by atoms with Gasteiger partial charge in [0.15, 0.2) is 0 Å². The molecule has 0 saturated carbocycles. The predicted molar refractivity (Wildman–Crippen MR) is 272 cm³/mol. The van der Waals surface area contributed by atoms with Crippen LogP contribution in [0.2, 0.25) is 0 Å². The summed E-state index contributed by atoms with van der Waals surface area (Å²) in [6, 6.07) is 15.2. The van der Waals surface area contributed by atoms with Crippen LogP contribution >= 0.6 is 11.3 Å². The maximum Gasteiger partial charge on any atom is 0.246 e. The number of benzene rings is 3. The molecule has 3 aliphatic rings. The van der Waals surface area contributed by atoms with Gasteiger partial charge in [-0.1, -0.05) is 63.2 Å². The Hall–Kier alpha value is -5.37. The van der Waals surface area contributed by atoms with Crippen molar-refractivity contribution in [3.63, 3.8) is 0 Å². The quantitative estimate of drug-likeness (QED) is 0.0691. The van der Waals surface area contributed by atoms with Crippen molar-refractivity contribution in [1.29, 1.82) is 0 Å². The average Bonchev–Trinajstić information content (AvgIpc) is 4.05. The number of β-amino-alcohol motifs (C(OH)–C–C–N with tert-alkyl or cyclic N) is 1. The molecule has 2 fully saturated rings. The Bertz CT molecular complexity index is 2670. The maximum atomic E-state index is 16.2. The highest BCUT2D eigenvalue weighted by Crippen LogP contribution is 2.44. The summed E-state index contributed by atoms with van der Waals surface area (Å²) in [4.78, 5) is 57.2. The first kappa shape index (κ1) is 52.9. The number of fused-ring (bicyclic) bond motifs is 3. The number of alkyl halides is 1. The zero-order chi connectivity index (χ0) is 51.5. The molecule has 5 atom stereocenters. The van der Waals surface area contributed by atoms with E-state index in [0.717, 1.165) is 64.3 Å². The number of nitrogens with zero attached hydrogens (tertiary/aromatic N) is 5. The van der Waals surface area contributed by atoms with Crippen molar-refractivity contribution in [2.75, 3.05) is 72.2 Å². The number of aryl methyl sites for hydroxylation is 1. The molecule has 1 unspecified atom stereocenters. The molecule has 3 aliphatic heterocycles. The van der Waals surface area contributed by atoms with Gasteiger partial charge in [0.2, 0.25) is 17.7 Å². The van der Waals surface area contributed by atoms with Gasteiger partial charge in [-0.25, -0.2) is 18.2 Å². The number of piperazine rings is 1. The first-order valence-corrected chi connectivity index (χ1v) is 25.9. The summed E-state index contributed by atoms with van der Waals surface area (Å²) in [6.45, 7) is 17.0. The molecule has 0 bridgehead atoms. The minimum atomic E-state index is -1.60. The lowest BCUT2D eigenvalue weighted by atomic mass is 9.85. The van der Waals surface area contributed by atoms with Gasteiger partial charge in [-0.3, -0.25) is 29.1 Å². The van der Waals surface area contributed by atoms with Crippen LogP contribution in [0.5, 0.6) is 5.75 Å². The zero-order valence-corrected chi connectivity index (χ0v) is 43.2. The van der Waals surface area contributed by atoms with E-state index in [1.54, 1.807) is 11.3 Å². The normalized spacial score (nSPS) is 20.7. The average molecular weight is 1020 g/mol. The highest BCUT2D eigenvalue weighted by Gasteiger charge is 2.45. The lowest BCUT2D eigenvalue weighted by molar-refractivity contribution is -0.144. The monoisotopic (exact) mass is 1010 g/mol. The van der Waals surface area contributed by atoms with Crippen LogP contribution in [0, 0.1) is 24.0 Å². The molecule has 0 aliphatic carbocycles. The number of H-pyrrole nitrogens is 1. The first-order chi connectivity index (χ1) is 34.2. The molecular formula is C54H69F3N8O6S. The van der Waals surface area contributed by atoms with Gasteiger partial charge in [0.05, 0.1) is 34.8 Å². The summed E-state index contributed by atoms with van der Waals surface area (Å²) in [6.07, 6.45) is -0.177. The number of amides is 3. The number of thiazole rings is 1. The summed E-state index contributed by atoms with van der Waals surface area (Å²) in [5, 5.41) is 17.4. The standard InChI is InChI=1S/C54H69F3N8O6S/c1-33-24-40-39-10-8-9-11-43(39)60-47(40)48(65(33)31-54(6,7)57)46-41(55)26-38(27-42(46)56)71-23-21-63-18-16-62(17-19-63)20-22-70-30-45(67)61-50(53(3,4)5)52(69)64-29-37(66)25-44(64)51(68)58-28-35-12-14-36(15-13-35)49-34(2)59-32-72-49/h8-15,26-27,32-33,37,44,48,50,60,66H,16-25,28-31H2,1-7H3,(H,58,68)(H,61,67)/t33-,37-,44+,48-,50?/m1/s1. The molecule has 5 aromatic rings. The number of para-hydroxylation sites is 1. The zero-order valence-electron chi connectivity index (χ0n) is 42.4. The number of carbonyl (C=O) groups is 3. The SMILES string of the molecule is Cc1ncsc1-c1ccc(CNC(=O)[C@@H]2C[C@@H](O)CN2C(=O)C(NC(=O)COCCN2CCN(CCOc3cc(F)c([C@@H]4c5[nH]c6ccccc6c5C[C@@H](C)N4CC(C)(C)F)c(F)c3)CC2)C(C)(C)C)cc1. The second-order valence-electron chi connectivity index (χ2n) is 21.2. The lowest BCUT2D eigenvalue weighted by Crippen LogP contribution is -2.58. The van der Waals surface area contributed by atoms with E-state index in [-0.39, 0.29) is 69.1 Å². The van der Waals surface area contributed by atoms with Gasteiger partial charge in [0.25, 0.3) is 0 Å². The summed E-state index contributed by atoms with van der Waals surface area (Å²) in [7, 11) is 0. The molecule has 3 amide bonds. The number of nitrogens with one attached hydrogen (secondary N) is 3. The lowest BCUT2D eigenvalue weighted by Gasteiger charge is -2.43. The topological polar surface area (TPSA) is 156 Å². The molecule has 0 radical (unpaired) electrons. The number of halogens is 3. The Morgan fingerprint density at radius 2 is 1.62 bits per heavy atom. The summed E-state index contributed by atoms with van der Waals surface area (Å²) in [5.74, 6) is -2.70. The molecule has 8 rings (SSSR count). The number of rotatable bonds is 18. The second-order valence-corrected chi connectivity index (χ2v) is 22.1. The Labute approximate surface area is 424 Å². The van der Waals surface area contributed by atoms with Crippen LogP contribution in [0.25, 0.3) is 21.3 Å². The first-order valence-electron chi connectivity index (χ1n) is 25.0. The van der Waals surface area contributed by atoms with Crippen LogP contribution in [0.15, 0.2) is 66.2 Å². The van der Waals surface area contributed by atoms with Crippen molar-refractivity contribution in [2.45, 2.75) is 104 Å². The smallest absolute Gasteiger partial charge is 0.246 e. The van der Waals surface area contributed by atoms with Crippen LogP contribution in [-0.4, -0.2) is 154 Å². The fourth-order valence-corrected chi connectivity index (χ4v) is 11.1. The largest absolute Gasteiger partial charge is 0.492 e. The summed E-state index contributed by atoms with van der Waals surface area (Å²) in [5.41, 5.74) is 4.79. The van der Waals surface area contributed by atoms with Gasteiger partial charge >= 0.3 is 0 Å². The summed E-state index contributed by atoms with van der Waals surface area (Å²) < 4.78 is 59.3. The molecular weight excluding hydrogens is 946 g/mol. The number of carbonyl (C=O) groups excluding carboxylic acids is 3. The van der Waals surface area contributed by atoms with E-state index in [1.165, 1.54) is 30.9 Å². The van der Waals surface area contributed by atoms with Crippen molar-refractivity contribution < 1.29 is 42.1 Å². The Morgan fingerprint density at radius 1 is 0.958 bits per heavy atom. The van der Waals surface area contributed by atoms with Crippen LogP contribution in [0.3, 0.4) is 0 Å². The van der Waals surface area contributed by atoms with Crippen LogP contribution in [0.4, 0.5) is 13.2 Å². The van der Waals surface area contributed by atoms with Crippen LogP contribution < -0.4 is 15.4 Å². The molecule has 388 valence electrons. The van der Waals surface area contributed by atoms with Crippen LogP contribution in [0.1, 0.15) is 82.1 Å². The van der Waals surface area contributed by atoms with Gasteiger partial charge in [-0.05, 0) is 62.3 Å².